The number of carbonyl (C=O) groups is 2. The molecule has 2 aromatic heterocycles. The fourth-order valence-corrected chi connectivity index (χ4v) is 16.5. The van der Waals surface area contributed by atoms with E-state index >= 15 is 0 Å². The number of carbonyl (C=O) groups excluding carboxylic acids is 2. The number of amides is 2. The minimum absolute atomic E-state index is 0.0295. The van der Waals surface area contributed by atoms with Gasteiger partial charge in [0.25, 0.3) is 0 Å². The van der Waals surface area contributed by atoms with Crippen LogP contribution < -0.4 is 20.4 Å². The van der Waals surface area contributed by atoms with E-state index in [2.05, 4.69) is 30.4 Å². The molecule has 0 radical (unpaired) electrons. The maximum absolute atomic E-state index is 14.0. The third kappa shape index (κ3) is 8.69. The van der Waals surface area contributed by atoms with Crippen LogP contribution in [-0.2, 0) is 42.5 Å². The van der Waals surface area contributed by atoms with Crippen LogP contribution in [0.2, 0.25) is 0 Å². The van der Waals surface area contributed by atoms with Crippen molar-refractivity contribution in [3.05, 3.63) is 23.5 Å². The Hall–Kier alpha value is -3.64. The molecule has 0 bridgehead atoms. The summed E-state index contributed by atoms with van der Waals surface area (Å²) in [4.78, 5) is 53.4. The minimum atomic E-state index is -3.59. The highest BCUT2D eigenvalue weighted by atomic mass is 32.2. The summed E-state index contributed by atoms with van der Waals surface area (Å²) in [7, 11) is -6.93. The molecule has 0 spiro atoms. The Morgan fingerprint density at radius 3 is 1.65 bits per heavy atom. The van der Waals surface area contributed by atoms with E-state index < -0.39 is 42.5 Å². The van der Waals surface area contributed by atoms with Crippen molar-refractivity contribution < 1.29 is 36.6 Å². The lowest BCUT2D eigenvalue weighted by atomic mass is 9.82. The molecule has 68 heavy (non-hydrogen) atoms. The molecule has 8 heterocycles. The monoisotopic (exact) mass is 982 g/mol. The Morgan fingerprint density at radius 1 is 0.691 bits per heavy atom. The van der Waals surface area contributed by atoms with Gasteiger partial charge in [-0.3, -0.25) is 24.3 Å². The van der Waals surface area contributed by atoms with E-state index in [1.165, 1.54) is 0 Å². The van der Waals surface area contributed by atoms with E-state index in [1.807, 2.05) is 13.8 Å². The molecule has 22 heteroatoms. The molecular weight excluding hydrogens is 913 g/mol. The Kier molecular flexibility index (Phi) is 12.8. The highest BCUT2D eigenvalue weighted by molar-refractivity contribution is 7.90. The van der Waals surface area contributed by atoms with Crippen LogP contribution in [0.15, 0.2) is 12.4 Å². The largest absolute Gasteiger partial charge is 0.388 e. The summed E-state index contributed by atoms with van der Waals surface area (Å²) in [5.74, 6) is 1.48. The average molecular weight is 983 g/mol. The van der Waals surface area contributed by atoms with E-state index in [0.717, 1.165) is 24.1 Å². The number of piperidine rings is 2. The molecule has 4 N–H and O–H groups in total. The van der Waals surface area contributed by atoms with Crippen molar-refractivity contribution in [1.29, 1.82) is 0 Å². The maximum atomic E-state index is 14.0. The van der Waals surface area contributed by atoms with Crippen molar-refractivity contribution in [3.8, 4) is 0 Å². The minimum Gasteiger partial charge on any atom is -0.388 e. The van der Waals surface area contributed by atoms with Crippen LogP contribution >= 0.6 is 0 Å². The van der Waals surface area contributed by atoms with Gasteiger partial charge in [0.05, 0.1) is 23.3 Å². The van der Waals surface area contributed by atoms with Gasteiger partial charge >= 0.3 is 0 Å². The average Bonchev–Trinajstić information content (AvgIpc) is 3.78. The van der Waals surface area contributed by atoms with Crippen LogP contribution in [0.3, 0.4) is 0 Å². The molecule has 8 aliphatic rings. The SMILES string of the molecule is CCN1CC(S(=O)(=O)N2CCC(Nc3ncc4c(n3)N([C@@H]3CCC(C(C)N5CC(S(=O)(=O)N6CCC(Nc7ncc8c(n7)N([C@@H]7CCC[C@@]7(C)O)C(=O)CC8)CC6)C5)[C@@]3(C)O)C(=O)CC4)CC2)C1. The molecule has 2 aliphatic carbocycles. The summed E-state index contributed by atoms with van der Waals surface area (Å²) in [5, 5.41) is 29.4. The predicted octanol–water partition coefficient (Wildman–Crippen LogP) is 1.55. The Morgan fingerprint density at radius 2 is 1.18 bits per heavy atom. The first-order chi connectivity index (χ1) is 32.3. The van der Waals surface area contributed by atoms with E-state index in [0.29, 0.717) is 147 Å². The molecule has 6 atom stereocenters. The highest BCUT2D eigenvalue weighted by Gasteiger charge is 2.55. The molecule has 6 aliphatic heterocycles. The number of hydrogen-bond acceptors (Lipinski definition) is 16. The first kappa shape index (κ1) is 48.0. The maximum Gasteiger partial charge on any atom is 0.228 e. The molecule has 2 aromatic rings. The van der Waals surface area contributed by atoms with E-state index in [-0.39, 0.29) is 53.6 Å². The van der Waals surface area contributed by atoms with Crippen molar-refractivity contribution >= 4 is 55.4 Å². The van der Waals surface area contributed by atoms with Gasteiger partial charge in [-0.1, -0.05) is 6.92 Å². The zero-order chi connectivity index (χ0) is 47.9. The first-order valence-corrected chi connectivity index (χ1v) is 28.1. The lowest BCUT2D eigenvalue weighted by molar-refractivity contribution is -0.121. The lowest BCUT2D eigenvalue weighted by Crippen LogP contribution is -2.64. The van der Waals surface area contributed by atoms with Gasteiger partial charge in [-0.2, -0.15) is 9.97 Å². The second-order valence-electron chi connectivity index (χ2n) is 21.3. The van der Waals surface area contributed by atoms with Gasteiger partial charge in [0, 0.05) is 113 Å². The second-order valence-corrected chi connectivity index (χ2v) is 25.7. The fourth-order valence-electron chi connectivity index (χ4n) is 12.6. The van der Waals surface area contributed by atoms with Crippen molar-refractivity contribution in [3.63, 3.8) is 0 Å². The van der Waals surface area contributed by atoms with Gasteiger partial charge in [-0.05, 0) is 97.9 Å². The number of sulfonamides is 2. The topological polar surface area (TPSA) is 238 Å². The standard InChI is InChI=1S/C46H70N12O8S2/c1-5-53-25-34(26-53)67(63,64)55-19-14-32(15-20-55)50-44-48-24-31-9-13-40(60)58(42(31)52-44)38-11-10-36(46(38,4)62)29(2)54-27-35(28-54)68(65,66)56-21-16-33(17-22-56)49-43-47-23-30-8-12-39(59)57(41(30)51-43)37-7-6-18-45(37,3)61/h23-24,29,32-38,61-62H,5-22,25-28H2,1-4H3,(H,47,49,51)(H,48,50,52)/t29?,36?,37-,38-,45-,46-/m1/s1. The second kappa shape index (κ2) is 18.2. The number of rotatable bonds is 13. The van der Waals surface area contributed by atoms with Gasteiger partial charge in [-0.15, -0.1) is 0 Å². The lowest BCUT2D eigenvalue weighted by Gasteiger charge is -2.49. The third-order valence-electron chi connectivity index (χ3n) is 17.1. The third-order valence-corrected chi connectivity index (χ3v) is 21.6. The highest BCUT2D eigenvalue weighted by Crippen LogP contribution is 2.46. The van der Waals surface area contributed by atoms with Crippen LogP contribution in [0, 0.1) is 5.92 Å². The summed E-state index contributed by atoms with van der Waals surface area (Å²) < 4.78 is 57.6. The van der Waals surface area contributed by atoms with Crippen LogP contribution in [0.4, 0.5) is 23.5 Å². The summed E-state index contributed by atoms with van der Waals surface area (Å²) in [6, 6.07) is -1.08. The summed E-state index contributed by atoms with van der Waals surface area (Å²) in [6.07, 6.45) is 11.0. The molecule has 2 amide bonds. The van der Waals surface area contributed by atoms with Gasteiger partial charge in [-0.25, -0.2) is 35.4 Å². The molecule has 20 nitrogen and oxygen atoms in total. The van der Waals surface area contributed by atoms with E-state index in [1.54, 1.807) is 44.7 Å². The summed E-state index contributed by atoms with van der Waals surface area (Å²) >= 11 is 0. The Balaban J connectivity index is 0.723. The molecule has 10 rings (SSSR count). The number of hydrogen-bond donors (Lipinski definition) is 4. The van der Waals surface area contributed by atoms with Crippen molar-refractivity contribution in [2.24, 2.45) is 5.92 Å². The number of likely N-dealkylation sites (tertiary alicyclic amines) is 2. The van der Waals surface area contributed by atoms with E-state index in [9.17, 15) is 36.6 Å². The molecular formula is C46H70N12O8S2. The zero-order valence-corrected chi connectivity index (χ0v) is 41.6. The van der Waals surface area contributed by atoms with Crippen molar-refractivity contribution in [1.82, 2.24) is 38.3 Å². The Labute approximate surface area is 400 Å². The smallest absolute Gasteiger partial charge is 0.228 e. The summed E-state index contributed by atoms with van der Waals surface area (Å²) in [5.41, 5.74) is -0.538. The van der Waals surface area contributed by atoms with Crippen LogP contribution in [0.25, 0.3) is 0 Å². The van der Waals surface area contributed by atoms with Gasteiger partial charge in [0.2, 0.25) is 43.8 Å². The van der Waals surface area contributed by atoms with Crippen molar-refractivity contribution in [2.75, 3.05) is 79.3 Å². The molecule has 374 valence electrons. The normalized spacial score (nSPS) is 31.6. The summed E-state index contributed by atoms with van der Waals surface area (Å²) in [6.45, 7) is 12.0. The predicted molar refractivity (Wildman–Crippen MR) is 256 cm³/mol. The van der Waals surface area contributed by atoms with Crippen LogP contribution in [-0.4, -0.2) is 188 Å². The number of fused-ring (bicyclic) bond motifs is 2. The van der Waals surface area contributed by atoms with Crippen LogP contribution in [0.5, 0.6) is 0 Å². The number of aromatic nitrogens is 4. The first-order valence-electron chi connectivity index (χ1n) is 25.1. The quantitative estimate of drug-likeness (QED) is 0.223. The van der Waals surface area contributed by atoms with E-state index in [4.69, 9.17) is 9.97 Å². The van der Waals surface area contributed by atoms with Crippen LogP contribution in [0.1, 0.15) is 109 Å². The molecule has 4 saturated heterocycles. The van der Waals surface area contributed by atoms with Gasteiger partial charge < -0.3 is 25.7 Å². The number of nitrogens with one attached hydrogen (secondary N) is 2. The Bertz CT molecular complexity index is 2470. The number of aliphatic hydroxyl groups is 2. The number of nitrogens with zero attached hydrogens (tertiary/aromatic N) is 10. The zero-order valence-electron chi connectivity index (χ0n) is 40.0. The molecule has 6 fully saturated rings. The van der Waals surface area contributed by atoms with Gasteiger partial charge in [0.1, 0.15) is 22.1 Å². The molecule has 0 aromatic carbocycles. The fraction of sp³-hybridized carbons (Fsp3) is 0.783. The van der Waals surface area contributed by atoms with Crippen molar-refractivity contribution in [2.45, 2.75) is 163 Å². The number of aryl methyl sites for hydroxylation is 2. The molecule has 2 saturated carbocycles. The molecule has 2 unspecified atom stereocenters. The van der Waals surface area contributed by atoms with Gasteiger partial charge in [0.15, 0.2) is 0 Å². The number of anilines is 4.